The number of hydrogen-bond donors (Lipinski definition) is 1. The van der Waals surface area contributed by atoms with Gasteiger partial charge in [-0.05, 0) is 54.7 Å². The van der Waals surface area contributed by atoms with Crippen LogP contribution in [0, 0.1) is 0 Å². The molecule has 1 aliphatic carbocycles. The number of thioether (sulfide) groups is 1. The molecule has 1 heterocycles. The Morgan fingerprint density at radius 1 is 1.19 bits per heavy atom. The summed E-state index contributed by atoms with van der Waals surface area (Å²) in [6.07, 6.45) is 2.81. The van der Waals surface area contributed by atoms with Gasteiger partial charge in [0.1, 0.15) is 5.75 Å². The summed E-state index contributed by atoms with van der Waals surface area (Å²) in [7, 11) is 1.57. The lowest BCUT2D eigenvalue weighted by Crippen LogP contribution is -2.50. The zero-order valence-corrected chi connectivity index (χ0v) is 16.1. The lowest BCUT2D eigenvalue weighted by molar-refractivity contribution is -0.127. The van der Waals surface area contributed by atoms with Crippen LogP contribution in [0.15, 0.2) is 47.4 Å². The monoisotopic (exact) mass is 382 g/mol. The molecule has 1 N–H and O–H groups in total. The smallest absolute Gasteiger partial charge is 0.262 e. The summed E-state index contributed by atoms with van der Waals surface area (Å²) in [5.41, 5.74) is 3.56. The first-order chi connectivity index (χ1) is 13.2. The predicted octanol–water partition coefficient (Wildman–Crippen LogP) is 2.81. The predicted molar refractivity (Wildman–Crippen MR) is 106 cm³/mol. The fourth-order valence-corrected chi connectivity index (χ4v) is 4.46. The molecule has 6 heteroatoms. The second kappa shape index (κ2) is 7.64. The Bertz CT molecular complexity index is 883. The first-order valence-corrected chi connectivity index (χ1v) is 10.2. The maximum absolute atomic E-state index is 12.9. The summed E-state index contributed by atoms with van der Waals surface area (Å²) >= 11 is 1.55. The molecule has 5 nitrogen and oxygen atoms in total. The van der Waals surface area contributed by atoms with E-state index in [1.165, 1.54) is 17.5 Å². The average molecular weight is 382 g/mol. The SMILES string of the molecule is CNC(=O)[C@@H]1CN(C(=O)CSc2ccc3c(c2)CCC3)c2ccccc2O1. The molecule has 1 atom stereocenters. The largest absolute Gasteiger partial charge is 0.477 e. The fourth-order valence-electron chi connectivity index (χ4n) is 3.63. The molecule has 0 aromatic heterocycles. The number of nitrogens with zero attached hydrogens (tertiary/aromatic N) is 1. The van der Waals surface area contributed by atoms with E-state index in [2.05, 4.69) is 23.5 Å². The highest BCUT2D eigenvalue weighted by Gasteiger charge is 2.33. The molecule has 140 valence electrons. The van der Waals surface area contributed by atoms with Crippen molar-refractivity contribution in [2.45, 2.75) is 30.3 Å². The Morgan fingerprint density at radius 2 is 2.00 bits per heavy atom. The third-order valence-corrected chi connectivity index (χ3v) is 6.02. The van der Waals surface area contributed by atoms with E-state index in [4.69, 9.17) is 4.74 Å². The van der Waals surface area contributed by atoms with E-state index in [-0.39, 0.29) is 18.4 Å². The maximum Gasteiger partial charge on any atom is 0.262 e. The number of fused-ring (bicyclic) bond motifs is 2. The van der Waals surface area contributed by atoms with E-state index < -0.39 is 6.10 Å². The van der Waals surface area contributed by atoms with Crippen molar-refractivity contribution in [1.82, 2.24) is 5.32 Å². The molecule has 2 aromatic rings. The van der Waals surface area contributed by atoms with Gasteiger partial charge in [-0.25, -0.2) is 0 Å². The number of amides is 2. The van der Waals surface area contributed by atoms with E-state index in [1.54, 1.807) is 29.8 Å². The molecule has 2 aliphatic rings. The Labute approximate surface area is 163 Å². The Balaban J connectivity index is 1.49. The average Bonchev–Trinajstić information content (AvgIpc) is 3.18. The zero-order valence-electron chi connectivity index (χ0n) is 15.2. The van der Waals surface area contributed by atoms with E-state index in [0.717, 1.165) is 23.4 Å². The lowest BCUT2D eigenvalue weighted by Gasteiger charge is -2.34. The summed E-state index contributed by atoms with van der Waals surface area (Å²) in [6.45, 7) is 0.222. The number of aryl methyl sites for hydroxylation is 2. The van der Waals surface area contributed by atoms with Crippen molar-refractivity contribution >= 4 is 29.3 Å². The van der Waals surface area contributed by atoms with Gasteiger partial charge in [-0.1, -0.05) is 18.2 Å². The van der Waals surface area contributed by atoms with Crippen molar-refractivity contribution in [3.05, 3.63) is 53.6 Å². The molecule has 0 bridgehead atoms. The normalized spacial score (nSPS) is 17.7. The van der Waals surface area contributed by atoms with Crippen molar-refractivity contribution in [1.29, 1.82) is 0 Å². The molecule has 0 spiro atoms. The first kappa shape index (κ1) is 17.9. The van der Waals surface area contributed by atoms with Gasteiger partial charge < -0.3 is 15.0 Å². The van der Waals surface area contributed by atoms with Crippen molar-refractivity contribution in [3.8, 4) is 5.75 Å². The van der Waals surface area contributed by atoms with Crippen LogP contribution in [0.3, 0.4) is 0 Å². The molecule has 4 rings (SSSR count). The van der Waals surface area contributed by atoms with E-state index in [1.807, 2.05) is 18.2 Å². The Kier molecular flexibility index (Phi) is 5.07. The summed E-state index contributed by atoms with van der Waals surface area (Å²) in [4.78, 5) is 27.8. The molecule has 0 saturated heterocycles. The minimum atomic E-state index is -0.696. The summed E-state index contributed by atoms with van der Waals surface area (Å²) in [6, 6.07) is 13.8. The highest BCUT2D eigenvalue weighted by atomic mass is 32.2. The highest BCUT2D eigenvalue weighted by molar-refractivity contribution is 8.00. The van der Waals surface area contributed by atoms with Crippen LogP contribution >= 0.6 is 11.8 Å². The number of rotatable bonds is 4. The minimum absolute atomic E-state index is 0.0230. The van der Waals surface area contributed by atoms with Gasteiger partial charge in [-0.15, -0.1) is 11.8 Å². The second-order valence-corrected chi connectivity index (χ2v) is 7.81. The Morgan fingerprint density at radius 3 is 2.85 bits per heavy atom. The number of para-hydroxylation sites is 2. The zero-order chi connectivity index (χ0) is 18.8. The second-order valence-electron chi connectivity index (χ2n) is 6.77. The topological polar surface area (TPSA) is 58.6 Å². The number of ether oxygens (including phenoxy) is 1. The van der Waals surface area contributed by atoms with Crippen LogP contribution in [0.4, 0.5) is 5.69 Å². The van der Waals surface area contributed by atoms with Crippen molar-refractivity contribution in [2.75, 3.05) is 24.2 Å². The minimum Gasteiger partial charge on any atom is -0.477 e. The molecule has 0 fully saturated rings. The number of nitrogens with one attached hydrogen (secondary N) is 1. The molecular formula is C21H22N2O3S. The van der Waals surface area contributed by atoms with Gasteiger partial charge in [-0.3, -0.25) is 9.59 Å². The van der Waals surface area contributed by atoms with Gasteiger partial charge in [0.2, 0.25) is 5.91 Å². The number of likely N-dealkylation sites (N-methyl/N-ethyl adjacent to an activating group) is 1. The molecule has 0 saturated carbocycles. The van der Waals surface area contributed by atoms with E-state index in [0.29, 0.717) is 11.5 Å². The fraction of sp³-hybridized carbons (Fsp3) is 0.333. The van der Waals surface area contributed by atoms with Crippen molar-refractivity contribution < 1.29 is 14.3 Å². The number of hydrogen-bond acceptors (Lipinski definition) is 4. The van der Waals surface area contributed by atoms with E-state index in [9.17, 15) is 9.59 Å². The standard InChI is InChI=1S/C21H22N2O3S/c1-22-21(25)19-12-23(17-7-2-3-8-18(17)26-19)20(24)13-27-16-10-9-14-5-4-6-15(14)11-16/h2-3,7-11,19H,4-6,12-13H2,1H3,(H,22,25)/t19-/m0/s1. The van der Waals surface area contributed by atoms with Crippen LogP contribution < -0.4 is 15.0 Å². The van der Waals surface area contributed by atoms with E-state index >= 15 is 0 Å². The third-order valence-electron chi connectivity index (χ3n) is 5.05. The molecular weight excluding hydrogens is 360 g/mol. The van der Waals surface area contributed by atoms with Crippen LogP contribution in [0.5, 0.6) is 5.75 Å². The molecule has 0 unspecified atom stereocenters. The number of carbonyl (C=O) groups excluding carboxylic acids is 2. The van der Waals surface area contributed by atoms with Gasteiger partial charge in [0.25, 0.3) is 5.91 Å². The van der Waals surface area contributed by atoms with Crippen molar-refractivity contribution in [3.63, 3.8) is 0 Å². The van der Waals surface area contributed by atoms with Gasteiger partial charge in [0, 0.05) is 11.9 Å². The number of benzene rings is 2. The van der Waals surface area contributed by atoms with Gasteiger partial charge >= 0.3 is 0 Å². The summed E-state index contributed by atoms with van der Waals surface area (Å²) in [5, 5.41) is 2.60. The summed E-state index contributed by atoms with van der Waals surface area (Å²) < 4.78 is 5.77. The molecule has 2 aromatic carbocycles. The summed E-state index contributed by atoms with van der Waals surface area (Å²) in [5.74, 6) is 0.639. The highest BCUT2D eigenvalue weighted by Crippen LogP contribution is 2.34. The maximum atomic E-state index is 12.9. The number of carbonyl (C=O) groups is 2. The van der Waals surface area contributed by atoms with Crippen LogP contribution in [0.2, 0.25) is 0 Å². The van der Waals surface area contributed by atoms with Crippen LogP contribution in [-0.4, -0.2) is 37.3 Å². The van der Waals surface area contributed by atoms with Crippen LogP contribution in [0.1, 0.15) is 17.5 Å². The first-order valence-electron chi connectivity index (χ1n) is 9.18. The molecule has 27 heavy (non-hydrogen) atoms. The number of anilines is 1. The van der Waals surface area contributed by atoms with Gasteiger partial charge in [0.15, 0.2) is 6.10 Å². The van der Waals surface area contributed by atoms with Gasteiger partial charge in [-0.2, -0.15) is 0 Å². The van der Waals surface area contributed by atoms with Crippen molar-refractivity contribution in [2.24, 2.45) is 0 Å². The molecule has 2 amide bonds. The molecule has 0 radical (unpaired) electrons. The molecule has 1 aliphatic heterocycles. The Hall–Kier alpha value is -2.47. The van der Waals surface area contributed by atoms with Gasteiger partial charge in [0.05, 0.1) is 18.0 Å². The quantitative estimate of drug-likeness (QED) is 0.826. The van der Waals surface area contributed by atoms with Crippen LogP contribution in [0.25, 0.3) is 0 Å². The van der Waals surface area contributed by atoms with Crippen LogP contribution in [-0.2, 0) is 22.4 Å². The lowest BCUT2D eigenvalue weighted by atomic mass is 10.1. The third kappa shape index (κ3) is 3.67.